The van der Waals surface area contributed by atoms with E-state index in [1.807, 2.05) is 0 Å². The second-order valence-electron chi connectivity index (χ2n) is 5.97. The van der Waals surface area contributed by atoms with Gasteiger partial charge in [-0.15, -0.1) is 0 Å². The van der Waals surface area contributed by atoms with E-state index in [0.717, 1.165) is 25.9 Å². The summed E-state index contributed by atoms with van der Waals surface area (Å²) in [5.41, 5.74) is 2.53. The molecule has 1 atom stereocenters. The lowest BCUT2D eigenvalue weighted by molar-refractivity contribution is 0.459. The summed E-state index contributed by atoms with van der Waals surface area (Å²) in [7, 11) is -3.04. The number of hydrogen-bond acceptors (Lipinski definition) is 3. The van der Waals surface area contributed by atoms with Crippen molar-refractivity contribution in [2.75, 3.05) is 37.3 Å². The summed E-state index contributed by atoms with van der Waals surface area (Å²) in [5, 5.41) is 0. The average Bonchev–Trinajstić information content (AvgIpc) is 2.82. The molecule has 1 aromatic rings. The molecule has 0 N–H and O–H groups in total. The maximum Gasteiger partial charge on any atom is 0.211 e. The molecule has 1 unspecified atom stereocenters. The zero-order chi connectivity index (χ0) is 14.9. The van der Waals surface area contributed by atoms with E-state index in [4.69, 9.17) is 0 Å². The van der Waals surface area contributed by atoms with Crippen LogP contribution in [0.15, 0.2) is 30.3 Å². The van der Waals surface area contributed by atoms with Gasteiger partial charge in [0, 0.05) is 31.9 Å². The van der Waals surface area contributed by atoms with Crippen molar-refractivity contribution >= 4 is 21.8 Å². The highest BCUT2D eigenvalue weighted by molar-refractivity contribution is 7.88. The molecule has 0 radical (unpaired) electrons. The summed E-state index contributed by atoms with van der Waals surface area (Å²) in [6, 6.07) is 8.44. The number of anilines is 1. The first-order valence-corrected chi connectivity index (χ1v) is 9.34. The van der Waals surface area contributed by atoms with Crippen molar-refractivity contribution in [3.05, 3.63) is 35.9 Å². The first kappa shape index (κ1) is 14.6. The molecule has 0 spiro atoms. The highest BCUT2D eigenvalue weighted by Crippen LogP contribution is 2.28. The van der Waals surface area contributed by atoms with Gasteiger partial charge in [0.15, 0.2) is 0 Å². The SMILES string of the molecule is CS(=O)(=O)N1CCC(CN2CCC=Cc3ccccc32)C1. The summed E-state index contributed by atoms with van der Waals surface area (Å²) in [5.74, 6) is 0.422. The summed E-state index contributed by atoms with van der Waals surface area (Å²) in [6.45, 7) is 3.26. The zero-order valence-electron chi connectivity index (χ0n) is 12.4. The van der Waals surface area contributed by atoms with Gasteiger partial charge in [-0.1, -0.05) is 30.4 Å². The van der Waals surface area contributed by atoms with Crippen molar-refractivity contribution in [2.45, 2.75) is 12.8 Å². The topological polar surface area (TPSA) is 40.6 Å². The Morgan fingerprint density at radius 3 is 2.81 bits per heavy atom. The lowest BCUT2D eigenvalue weighted by Crippen LogP contribution is -2.33. The largest absolute Gasteiger partial charge is 0.370 e. The van der Waals surface area contributed by atoms with Crippen molar-refractivity contribution in [2.24, 2.45) is 5.92 Å². The zero-order valence-corrected chi connectivity index (χ0v) is 13.2. The lowest BCUT2D eigenvalue weighted by Gasteiger charge is -2.28. The van der Waals surface area contributed by atoms with Crippen LogP contribution in [-0.2, 0) is 10.0 Å². The first-order chi connectivity index (χ1) is 10.0. The van der Waals surface area contributed by atoms with E-state index in [9.17, 15) is 8.42 Å². The molecule has 1 aromatic carbocycles. The number of fused-ring (bicyclic) bond motifs is 1. The minimum Gasteiger partial charge on any atom is -0.370 e. The normalized spacial score (nSPS) is 23.1. The Balaban J connectivity index is 1.72. The van der Waals surface area contributed by atoms with Crippen LogP contribution in [0.25, 0.3) is 6.08 Å². The van der Waals surface area contributed by atoms with Crippen molar-refractivity contribution in [1.29, 1.82) is 0 Å². The molecule has 1 saturated heterocycles. The van der Waals surface area contributed by atoms with Gasteiger partial charge in [-0.25, -0.2) is 12.7 Å². The van der Waals surface area contributed by atoms with E-state index in [0.29, 0.717) is 19.0 Å². The summed E-state index contributed by atoms with van der Waals surface area (Å²) in [4.78, 5) is 2.41. The smallest absolute Gasteiger partial charge is 0.211 e. The van der Waals surface area contributed by atoms with Crippen molar-refractivity contribution in [3.8, 4) is 0 Å². The Morgan fingerprint density at radius 1 is 1.24 bits per heavy atom. The van der Waals surface area contributed by atoms with Crippen LogP contribution in [0, 0.1) is 5.92 Å². The Labute approximate surface area is 127 Å². The van der Waals surface area contributed by atoms with E-state index in [-0.39, 0.29) is 0 Å². The number of nitrogens with zero attached hydrogens (tertiary/aromatic N) is 2. The molecule has 0 saturated carbocycles. The lowest BCUT2D eigenvalue weighted by atomic mass is 10.1. The van der Waals surface area contributed by atoms with Gasteiger partial charge in [0.25, 0.3) is 0 Å². The maximum absolute atomic E-state index is 11.6. The van der Waals surface area contributed by atoms with Crippen LogP contribution in [0.3, 0.4) is 0 Å². The van der Waals surface area contributed by atoms with Gasteiger partial charge in [-0.3, -0.25) is 0 Å². The maximum atomic E-state index is 11.6. The molecule has 2 heterocycles. The quantitative estimate of drug-likeness (QED) is 0.859. The average molecular weight is 306 g/mol. The molecule has 3 rings (SSSR count). The van der Waals surface area contributed by atoms with Crippen molar-refractivity contribution < 1.29 is 8.42 Å². The number of hydrogen-bond donors (Lipinski definition) is 0. The predicted octanol–water partition coefficient (Wildman–Crippen LogP) is 2.19. The molecule has 0 bridgehead atoms. The van der Waals surface area contributed by atoms with Gasteiger partial charge in [-0.05, 0) is 30.4 Å². The van der Waals surface area contributed by atoms with Crippen LogP contribution >= 0.6 is 0 Å². The fourth-order valence-electron chi connectivity index (χ4n) is 3.23. The third-order valence-electron chi connectivity index (χ3n) is 4.34. The Morgan fingerprint density at radius 2 is 2.05 bits per heavy atom. The molecule has 2 aliphatic heterocycles. The minimum atomic E-state index is -3.04. The molecular weight excluding hydrogens is 284 g/mol. The van der Waals surface area contributed by atoms with Crippen molar-refractivity contribution in [3.63, 3.8) is 0 Å². The molecule has 1 fully saturated rings. The Bertz CT molecular complexity index is 639. The summed E-state index contributed by atoms with van der Waals surface area (Å²) in [6.07, 6.45) is 7.71. The first-order valence-electron chi connectivity index (χ1n) is 7.50. The van der Waals surface area contributed by atoms with Crippen LogP contribution < -0.4 is 4.90 Å². The highest BCUT2D eigenvalue weighted by atomic mass is 32.2. The van der Waals surface area contributed by atoms with Crippen molar-refractivity contribution in [1.82, 2.24) is 4.31 Å². The van der Waals surface area contributed by atoms with Crippen LogP contribution in [-0.4, -0.2) is 45.2 Å². The summed E-state index contributed by atoms with van der Waals surface area (Å²) >= 11 is 0. The highest BCUT2D eigenvalue weighted by Gasteiger charge is 2.30. The third-order valence-corrected chi connectivity index (χ3v) is 5.61. The fourth-order valence-corrected chi connectivity index (χ4v) is 4.14. The summed E-state index contributed by atoms with van der Waals surface area (Å²) < 4.78 is 24.9. The molecule has 0 aliphatic carbocycles. The molecule has 0 amide bonds. The number of benzene rings is 1. The Hall–Kier alpha value is -1.33. The van der Waals surface area contributed by atoms with Gasteiger partial charge < -0.3 is 4.90 Å². The molecule has 5 heteroatoms. The van der Waals surface area contributed by atoms with Crippen LogP contribution in [0.4, 0.5) is 5.69 Å². The van der Waals surface area contributed by atoms with E-state index >= 15 is 0 Å². The Kier molecular flexibility index (Phi) is 4.04. The van der Waals surface area contributed by atoms with Gasteiger partial charge in [0.2, 0.25) is 10.0 Å². The van der Waals surface area contributed by atoms with E-state index in [1.54, 1.807) is 4.31 Å². The molecular formula is C16H22N2O2S. The molecule has 2 aliphatic rings. The fraction of sp³-hybridized carbons (Fsp3) is 0.500. The molecule has 114 valence electrons. The van der Waals surface area contributed by atoms with Gasteiger partial charge >= 0.3 is 0 Å². The third kappa shape index (κ3) is 3.30. The monoisotopic (exact) mass is 306 g/mol. The van der Waals surface area contributed by atoms with E-state index in [1.165, 1.54) is 17.5 Å². The number of sulfonamides is 1. The minimum absolute atomic E-state index is 0.422. The standard InChI is InChI=1S/C16H22N2O2S/c1-21(19,20)18-11-9-14(13-18)12-17-10-5-4-7-15-6-2-3-8-16(15)17/h2-4,6-8,14H,5,9-13H2,1H3. The van der Waals surface area contributed by atoms with E-state index in [2.05, 4.69) is 41.3 Å². The molecule has 21 heavy (non-hydrogen) atoms. The second kappa shape index (κ2) is 5.81. The number of para-hydroxylation sites is 1. The number of rotatable bonds is 3. The van der Waals surface area contributed by atoms with Gasteiger partial charge in [0.1, 0.15) is 0 Å². The predicted molar refractivity (Wildman–Crippen MR) is 86.8 cm³/mol. The van der Waals surface area contributed by atoms with Gasteiger partial charge in [-0.2, -0.15) is 0 Å². The second-order valence-corrected chi connectivity index (χ2v) is 7.95. The van der Waals surface area contributed by atoms with Crippen LogP contribution in [0.5, 0.6) is 0 Å². The van der Waals surface area contributed by atoms with Gasteiger partial charge in [0.05, 0.1) is 6.26 Å². The van der Waals surface area contributed by atoms with E-state index < -0.39 is 10.0 Å². The van der Waals surface area contributed by atoms with Crippen LogP contribution in [0.2, 0.25) is 0 Å². The molecule has 4 nitrogen and oxygen atoms in total. The molecule has 0 aromatic heterocycles. The van der Waals surface area contributed by atoms with Crippen LogP contribution in [0.1, 0.15) is 18.4 Å².